The molecule has 0 spiro atoms. The van der Waals surface area contributed by atoms with Crippen LogP contribution in [0.25, 0.3) is 0 Å². The molecule has 94 valence electrons. The summed E-state index contributed by atoms with van der Waals surface area (Å²) in [4.78, 5) is 11.8. The number of nitriles is 1. The van der Waals surface area contributed by atoms with Gasteiger partial charge >= 0.3 is 0 Å². The molecule has 1 aromatic carbocycles. The van der Waals surface area contributed by atoms with Gasteiger partial charge in [-0.15, -0.1) is 0 Å². The quantitative estimate of drug-likeness (QED) is 0.876. The van der Waals surface area contributed by atoms with Crippen molar-refractivity contribution in [1.29, 1.82) is 5.26 Å². The van der Waals surface area contributed by atoms with Gasteiger partial charge in [0.2, 0.25) is 5.91 Å². The molecule has 1 amide bonds. The number of nitrogens with one attached hydrogen (secondary N) is 2. The number of halogens is 1. The van der Waals surface area contributed by atoms with Gasteiger partial charge < -0.3 is 10.6 Å². The van der Waals surface area contributed by atoms with Crippen LogP contribution in [0.5, 0.6) is 0 Å². The molecule has 0 aliphatic heterocycles. The molecule has 2 rings (SSSR count). The van der Waals surface area contributed by atoms with Gasteiger partial charge in [0.05, 0.1) is 11.3 Å². The highest BCUT2D eigenvalue weighted by Crippen LogP contribution is 2.21. The van der Waals surface area contributed by atoms with E-state index in [1.54, 1.807) is 25.1 Å². The lowest BCUT2D eigenvalue weighted by atomic mass is 10.1. The second kappa shape index (κ2) is 5.28. The molecule has 1 aliphatic rings. The summed E-state index contributed by atoms with van der Waals surface area (Å²) >= 11 is 5.81. The van der Waals surface area contributed by atoms with E-state index in [-0.39, 0.29) is 11.9 Å². The summed E-state index contributed by atoms with van der Waals surface area (Å²) in [5.41, 5.74) is 1.06. The number of carbonyl (C=O) groups is 1. The molecule has 0 heterocycles. The zero-order valence-corrected chi connectivity index (χ0v) is 10.8. The zero-order chi connectivity index (χ0) is 13.1. The van der Waals surface area contributed by atoms with E-state index in [1.807, 2.05) is 0 Å². The molecule has 18 heavy (non-hydrogen) atoms. The maximum absolute atomic E-state index is 11.8. The van der Waals surface area contributed by atoms with Gasteiger partial charge in [-0.3, -0.25) is 4.79 Å². The van der Waals surface area contributed by atoms with Crippen LogP contribution in [0.2, 0.25) is 5.02 Å². The topological polar surface area (TPSA) is 64.9 Å². The summed E-state index contributed by atoms with van der Waals surface area (Å²) in [6.45, 7) is 1.77. The molecular formula is C13H14ClN3O. The third-order valence-electron chi connectivity index (χ3n) is 2.79. The van der Waals surface area contributed by atoms with E-state index in [0.29, 0.717) is 22.3 Å². The normalized spacial score (nSPS) is 15.6. The summed E-state index contributed by atoms with van der Waals surface area (Å²) < 4.78 is 0. The molecule has 1 aliphatic carbocycles. The van der Waals surface area contributed by atoms with Crippen LogP contribution < -0.4 is 10.6 Å². The molecule has 2 N–H and O–H groups in total. The van der Waals surface area contributed by atoms with Gasteiger partial charge in [-0.2, -0.15) is 5.26 Å². The predicted octanol–water partition coefficient (Wildman–Crippen LogP) is 2.29. The third kappa shape index (κ3) is 3.14. The lowest BCUT2D eigenvalue weighted by molar-refractivity contribution is -0.121. The smallest absolute Gasteiger partial charge is 0.242 e. The fourth-order valence-corrected chi connectivity index (χ4v) is 1.76. The van der Waals surface area contributed by atoms with Gasteiger partial charge in [-0.05, 0) is 38.0 Å². The number of benzene rings is 1. The average Bonchev–Trinajstić information content (AvgIpc) is 3.15. The Morgan fingerprint density at radius 1 is 1.56 bits per heavy atom. The second-order valence-electron chi connectivity index (χ2n) is 4.45. The molecule has 4 nitrogen and oxygen atoms in total. The summed E-state index contributed by atoms with van der Waals surface area (Å²) in [6, 6.07) is 6.99. The van der Waals surface area contributed by atoms with Crippen LogP contribution in [0.1, 0.15) is 25.3 Å². The SMILES string of the molecule is CC(Nc1ccc(Cl)cc1C#N)C(=O)NC1CC1. The maximum atomic E-state index is 11.8. The fraction of sp³-hybridized carbons (Fsp3) is 0.385. The first-order chi connectivity index (χ1) is 8.60. The molecule has 5 heteroatoms. The van der Waals surface area contributed by atoms with Gasteiger partial charge in [0.1, 0.15) is 12.1 Å². The van der Waals surface area contributed by atoms with Gasteiger partial charge in [0, 0.05) is 11.1 Å². The summed E-state index contributed by atoms with van der Waals surface area (Å²) in [5.74, 6) is -0.0451. The summed E-state index contributed by atoms with van der Waals surface area (Å²) in [7, 11) is 0. The summed E-state index contributed by atoms with van der Waals surface area (Å²) in [5, 5.41) is 15.4. The van der Waals surface area contributed by atoms with Crippen molar-refractivity contribution < 1.29 is 4.79 Å². The number of hydrogen-bond donors (Lipinski definition) is 2. The summed E-state index contributed by atoms with van der Waals surface area (Å²) in [6.07, 6.45) is 2.12. The van der Waals surface area contributed by atoms with Crippen LogP contribution in [0.15, 0.2) is 18.2 Å². The van der Waals surface area contributed by atoms with Crippen molar-refractivity contribution in [2.75, 3.05) is 5.32 Å². The van der Waals surface area contributed by atoms with Crippen molar-refractivity contribution in [3.05, 3.63) is 28.8 Å². The first kappa shape index (κ1) is 12.7. The molecule has 0 bridgehead atoms. The lowest BCUT2D eigenvalue weighted by Gasteiger charge is -2.16. The van der Waals surface area contributed by atoms with Gasteiger partial charge in [-0.1, -0.05) is 11.6 Å². The second-order valence-corrected chi connectivity index (χ2v) is 4.89. The monoisotopic (exact) mass is 263 g/mol. The Morgan fingerprint density at radius 3 is 2.89 bits per heavy atom. The highest BCUT2D eigenvalue weighted by Gasteiger charge is 2.25. The molecular weight excluding hydrogens is 250 g/mol. The Balaban J connectivity index is 2.03. The van der Waals surface area contributed by atoms with E-state index in [0.717, 1.165) is 12.8 Å². The maximum Gasteiger partial charge on any atom is 0.242 e. The minimum absolute atomic E-state index is 0.0451. The van der Waals surface area contributed by atoms with Crippen LogP contribution >= 0.6 is 11.6 Å². The lowest BCUT2D eigenvalue weighted by Crippen LogP contribution is -2.38. The van der Waals surface area contributed by atoms with Gasteiger partial charge in [-0.25, -0.2) is 0 Å². The Hall–Kier alpha value is -1.73. The van der Waals surface area contributed by atoms with Crippen LogP contribution in [0.3, 0.4) is 0 Å². The predicted molar refractivity (Wildman–Crippen MR) is 70.4 cm³/mol. The van der Waals surface area contributed by atoms with E-state index in [2.05, 4.69) is 16.7 Å². The molecule has 0 aromatic heterocycles. The average molecular weight is 264 g/mol. The highest BCUT2D eigenvalue weighted by atomic mass is 35.5. The van der Waals surface area contributed by atoms with E-state index >= 15 is 0 Å². The van der Waals surface area contributed by atoms with Crippen LogP contribution in [-0.4, -0.2) is 18.0 Å². The Morgan fingerprint density at radius 2 is 2.28 bits per heavy atom. The molecule has 0 saturated heterocycles. The van der Waals surface area contributed by atoms with Gasteiger partial charge in [0.25, 0.3) is 0 Å². The number of carbonyl (C=O) groups excluding carboxylic acids is 1. The molecule has 0 radical (unpaired) electrons. The van der Waals surface area contributed by atoms with Crippen molar-refractivity contribution in [2.24, 2.45) is 0 Å². The minimum atomic E-state index is -0.376. The van der Waals surface area contributed by atoms with E-state index in [1.165, 1.54) is 0 Å². The number of hydrogen-bond acceptors (Lipinski definition) is 3. The molecule has 1 atom stereocenters. The van der Waals surface area contributed by atoms with E-state index in [4.69, 9.17) is 16.9 Å². The number of amides is 1. The fourth-order valence-electron chi connectivity index (χ4n) is 1.59. The highest BCUT2D eigenvalue weighted by molar-refractivity contribution is 6.30. The van der Waals surface area contributed by atoms with E-state index < -0.39 is 0 Å². The largest absolute Gasteiger partial charge is 0.373 e. The van der Waals surface area contributed by atoms with E-state index in [9.17, 15) is 4.79 Å². The Kier molecular flexibility index (Phi) is 3.73. The molecule has 1 aromatic rings. The standard InChI is InChI=1S/C13H14ClN3O/c1-8(13(18)17-11-3-4-11)16-12-5-2-10(14)6-9(12)7-15/h2,5-6,8,11,16H,3-4H2,1H3,(H,17,18). The third-order valence-corrected chi connectivity index (χ3v) is 3.03. The van der Waals surface area contributed by atoms with Crippen LogP contribution in [0.4, 0.5) is 5.69 Å². The van der Waals surface area contributed by atoms with Crippen molar-refractivity contribution in [3.8, 4) is 6.07 Å². The number of nitrogens with zero attached hydrogens (tertiary/aromatic N) is 1. The van der Waals surface area contributed by atoms with Crippen molar-refractivity contribution >= 4 is 23.2 Å². The van der Waals surface area contributed by atoms with Crippen molar-refractivity contribution in [2.45, 2.75) is 31.8 Å². The first-order valence-electron chi connectivity index (χ1n) is 5.86. The Bertz CT molecular complexity index is 505. The van der Waals surface area contributed by atoms with Crippen molar-refractivity contribution in [1.82, 2.24) is 5.32 Å². The molecule has 1 fully saturated rings. The molecule has 1 saturated carbocycles. The minimum Gasteiger partial charge on any atom is -0.373 e. The van der Waals surface area contributed by atoms with Gasteiger partial charge in [0.15, 0.2) is 0 Å². The zero-order valence-electron chi connectivity index (χ0n) is 10.0. The van der Waals surface area contributed by atoms with Crippen LogP contribution in [-0.2, 0) is 4.79 Å². The first-order valence-corrected chi connectivity index (χ1v) is 6.24. The number of anilines is 1. The Labute approximate surface area is 111 Å². The molecule has 1 unspecified atom stereocenters. The van der Waals surface area contributed by atoms with Crippen molar-refractivity contribution in [3.63, 3.8) is 0 Å². The number of rotatable bonds is 4. The van der Waals surface area contributed by atoms with Crippen LogP contribution in [0, 0.1) is 11.3 Å².